The van der Waals surface area contributed by atoms with Crippen LogP contribution >= 0.6 is 15.9 Å². The van der Waals surface area contributed by atoms with Gasteiger partial charge in [-0.05, 0) is 40.8 Å². The summed E-state index contributed by atoms with van der Waals surface area (Å²) in [6.45, 7) is 1.98. The Labute approximate surface area is 122 Å². The number of nitrogens with zero attached hydrogens (tertiary/aromatic N) is 1. The standard InChI is InChI=1S/C12H18BrN3O2S/c1-2-10(5-8-3-4-8)16-19(17,18)11-6-9(13)7-15-12(11)14/h6-8,10,16H,2-5H2,1H3,(H2,14,15). The molecule has 106 valence electrons. The Morgan fingerprint density at radius 1 is 1.58 bits per heavy atom. The van der Waals surface area contributed by atoms with E-state index in [1.165, 1.54) is 25.1 Å². The van der Waals surface area contributed by atoms with E-state index in [1.54, 1.807) is 0 Å². The molecule has 1 aromatic heterocycles. The molecule has 3 N–H and O–H groups in total. The molecule has 19 heavy (non-hydrogen) atoms. The predicted molar refractivity (Wildman–Crippen MR) is 78.1 cm³/mol. The van der Waals surface area contributed by atoms with Crippen LogP contribution in [0.5, 0.6) is 0 Å². The van der Waals surface area contributed by atoms with Gasteiger partial charge >= 0.3 is 0 Å². The van der Waals surface area contributed by atoms with Crippen molar-refractivity contribution < 1.29 is 8.42 Å². The lowest BCUT2D eigenvalue weighted by Crippen LogP contribution is -2.35. The summed E-state index contributed by atoms with van der Waals surface area (Å²) in [5.41, 5.74) is 5.66. The van der Waals surface area contributed by atoms with Gasteiger partial charge in [-0.15, -0.1) is 0 Å². The lowest BCUT2D eigenvalue weighted by Gasteiger charge is -2.17. The monoisotopic (exact) mass is 347 g/mol. The molecule has 0 aromatic carbocycles. The number of anilines is 1. The van der Waals surface area contributed by atoms with Gasteiger partial charge < -0.3 is 5.73 Å². The highest BCUT2D eigenvalue weighted by atomic mass is 79.9. The van der Waals surface area contributed by atoms with Crippen molar-refractivity contribution in [3.8, 4) is 0 Å². The number of aromatic nitrogens is 1. The molecular formula is C12H18BrN3O2S. The van der Waals surface area contributed by atoms with Gasteiger partial charge in [0.1, 0.15) is 10.7 Å². The van der Waals surface area contributed by atoms with Crippen molar-refractivity contribution in [2.45, 2.75) is 43.5 Å². The number of rotatable bonds is 6. The van der Waals surface area contributed by atoms with E-state index >= 15 is 0 Å². The predicted octanol–water partition coefficient (Wildman–Crippen LogP) is 2.28. The van der Waals surface area contributed by atoms with E-state index in [0.717, 1.165) is 12.8 Å². The molecule has 0 spiro atoms. The summed E-state index contributed by atoms with van der Waals surface area (Å²) in [7, 11) is -3.61. The molecule has 5 nitrogen and oxygen atoms in total. The van der Waals surface area contributed by atoms with Crippen molar-refractivity contribution in [3.05, 3.63) is 16.7 Å². The first-order valence-corrected chi connectivity index (χ1v) is 8.63. The highest BCUT2D eigenvalue weighted by Crippen LogP contribution is 2.34. The number of nitrogens with one attached hydrogen (secondary N) is 1. The third-order valence-corrected chi connectivity index (χ3v) is 5.25. The Balaban J connectivity index is 2.18. The molecule has 1 aliphatic carbocycles. The van der Waals surface area contributed by atoms with E-state index in [4.69, 9.17) is 5.73 Å². The summed E-state index contributed by atoms with van der Waals surface area (Å²) in [5, 5.41) is 0. The molecule has 7 heteroatoms. The minimum atomic E-state index is -3.61. The number of pyridine rings is 1. The first kappa shape index (κ1) is 14.7. The zero-order valence-electron chi connectivity index (χ0n) is 10.8. The number of nitrogen functional groups attached to an aromatic ring is 1. The quantitative estimate of drug-likeness (QED) is 0.826. The molecule has 2 rings (SSSR count). The molecule has 0 amide bonds. The maximum absolute atomic E-state index is 12.3. The lowest BCUT2D eigenvalue weighted by atomic mass is 10.1. The van der Waals surface area contributed by atoms with Gasteiger partial charge in [0, 0.05) is 16.7 Å². The van der Waals surface area contributed by atoms with Crippen LogP contribution in [0.2, 0.25) is 0 Å². The second kappa shape index (κ2) is 5.76. The van der Waals surface area contributed by atoms with E-state index < -0.39 is 10.0 Å². The van der Waals surface area contributed by atoms with Gasteiger partial charge in [0.25, 0.3) is 0 Å². The van der Waals surface area contributed by atoms with Crippen molar-refractivity contribution in [1.82, 2.24) is 9.71 Å². The number of nitrogens with two attached hydrogens (primary N) is 1. The van der Waals surface area contributed by atoms with Crippen LogP contribution in [-0.4, -0.2) is 19.4 Å². The summed E-state index contributed by atoms with van der Waals surface area (Å²) in [6.07, 6.45) is 5.57. The Bertz CT molecular complexity index is 558. The van der Waals surface area contributed by atoms with Gasteiger partial charge in [-0.1, -0.05) is 19.8 Å². The molecule has 0 aliphatic heterocycles. The Kier molecular flexibility index (Phi) is 4.47. The van der Waals surface area contributed by atoms with Crippen molar-refractivity contribution in [3.63, 3.8) is 0 Å². The first-order valence-electron chi connectivity index (χ1n) is 6.35. The highest BCUT2D eigenvalue weighted by molar-refractivity contribution is 9.10. The second-order valence-corrected chi connectivity index (χ2v) is 7.54. The minimum absolute atomic E-state index is 0.0250. The van der Waals surface area contributed by atoms with Crippen LogP contribution in [0.1, 0.15) is 32.6 Å². The molecule has 0 bridgehead atoms. The van der Waals surface area contributed by atoms with Gasteiger partial charge in [0.15, 0.2) is 0 Å². The fourth-order valence-electron chi connectivity index (χ4n) is 1.98. The molecule has 1 aromatic rings. The van der Waals surface area contributed by atoms with Gasteiger partial charge in [-0.3, -0.25) is 0 Å². The normalized spacial score (nSPS) is 17.4. The molecule has 1 aliphatic rings. The zero-order valence-corrected chi connectivity index (χ0v) is 13.2. The fourth-order valence-corrected chi connectivity index (χ4v) is 3.91. The molecule has 1 unspecified atom stereocenters. The Morgan fingerprint density at radius 3 is 2.84 bits per heavy atom. The summed E-state index contributed by atoms with van der Waals surface area (Å²) in [5.74, 6) is 0.697. The Hall–Kier alpha value is -0.660. The van der Waals surface area contributed by atoms with E-state index in [9.17, 15) is 8.42 Å². The van der Waals surface area contributed by atoms with Crippen molar-refractivity contribution in [2.75, 3.05) is 5.73 Å². The van der Waals surface area contributed by atoms with Crippen molar-refractivity contribution >= 4 is 31.8 Å². The Morgan fingerprint density at radius 2 is 2.26 bits per heavy atom. The third kappa shape index (κ3) is 3.90. The van der Waals surface area contributed by atoms with Crippen LogP contribution in [-0.2, 0) is 10.0 Å². The maximum Gasteiger partial charge on any atom is 0.244 e. The SMILES string of the molecule is CCC(CC1CC1)NS(=O)(=O)c1cc(Br)cnc1N. The van der Waals surface area contributed by atoms with E-state index in [2.05, 4.69) is 25.6 Å². The fraction of sp³-hybridized carbons (Fsp3) is 0.583. The number of sulfonamides is 1. The van der Waals surface area contributed by atoms with Crippen LogP contribution in [0.15, 0.2) is 21.6 Å². The van der Waals surface area contributed by atoms with E-state index in [-0.39, 0.29) is 16.8 Å². The smallest absolute Gasteiger partial charge is 0.244 e. The summed E-state index contributed by atoms with van der Waals surface area (Å²) < 4.78 is 28.0. The topological polar surface area (TPSA) is 85.1 Å². The van der Waals surface area contributed by atoms with Crippen LogP contribution < -0.4 is 10.5 Å². The van der Waals surface area contributed by atoms with Crippen molar-refractivity contribution in [1.29, 1.82) is 0 Å². The van der Waals surface area contributed by atoms with E-state index in [0.29, 0.717) is 10.4 Å². The molecule has 1 atom stereocenters. The molecular weight excluding hydrogens is 330 g/mol. The van der Waals surface area contributed by atoms with Crippen molar-refractivity contribution in [2.24, 2.45) is 5.92 Å². The average Bonchev–Trinajstić information content (AvgIpc) is 3.15. The molecule has 0 radical (unpaired) electrons. The maximum atomic E-state index is 12.3. The molecule has 0 saturated heterocycles. The van der Waals surface area contributed by atoms with Gasteiger partial charge in [-0.25, -0.2) is 18.1 Å². The van der Waals surface area contributed by atoms with E-state index in [1.807, 2.05) is 6.92 Å². The summed E-state index contributed by atoms with van der Waals surface area (Å²) in [6, 6.07) is 1.45. The van der Waals surface area contributed by atoms with Crippen LogP contribution in [0.4, 0.5) is 5.82 Å². The van der Waals surface area contributed by atoms with Gasteiger partial charge in [0.2, 0.25) is 10.0 Å². The molecule has 1 saturated carbocycles. The molecule has 1 fully saturated rings. The third-order valence-electron chi connectivity index (χ3n) is 3.27. The number of hydrogen-bond donors (Lipinski definition) is 2. The minimum Gasteiger partial charge on any atom is -0.383 e. The van der Waals surface area contributed by atoms with Crippen LogP contribution in [0.3, 0.4) is 0 Å². The average molecular weight is 348 g/mol. The van der Waals surface area contributed by atoms with Crippen LogP contribution in [0, 0.1) is 5.92 Å². The second-order valence-electron chi connectivity index (χ2n) is 4.94. The number of hydrogen-bond acceptors (Lipinski definition) is 4. The largest absolute Gasteiger partial charge is 0.383 e. The highest BCUT2D eigenvalue weighted by Gasteiger charge is 2.28. The van der Waals surface area contributed by atoms with Gasteiger partial charge in [-0.2, -0.15) is 0 Å². The zero-order chi connectivity index (χ0) is 14.0. The summed E-state index contributed by atoms with van der Waals surface area (Å²) >= 11 is 3.21. The first-order chi connectivity index (χ1) is 8.92. The lowest BCUT2D eigenvalue weighted by molar-refractivity contribution is 0.495. The number of halogens is 1. The van der Waals surface area contributed by atoms with Gasteiger partial charge in [0.05, 0.1) is 0 Å². The summed E-state index contributed by atoms with van der Waals surface area (Å²) in [4.78, 5) is 3.90. The van der Waals surface area contributed by atoms with Crippen LogP contribution in [0.25, 0.3) is 0 Å². The molecule has 1 heterocycles.